The number of aliphatic hydroxyl groups excluding tert-OH is 1. The highest BCUT2D eigenvalue weighted by Gasteiger charge is 2.34. The summed E-state index contributed by atoms with van der Waals surface area (Å²) in [6.07, 6.45) is 0.116. The van der Waals surface area contributed by atoms with Gasteiger partial charge >= 0.3 is 0 Å². The van der Waals surface area contributed by atoms with E-state index in [-0.39, 0.29) is 30.5 Å². The Bertz CT molecular complexity index is 551. The number of carbonyl (C=O) groups excluding carboxylic acids is 1. The van der Waals surface area contributed by atoms with Gasteiger partial charge in [0.1, 0.15) is 5.75 Å². The molecule has 1 heterocycles. The molecule has 0 spiro atoms. The van der Waals surface area contributed by atoms with Crippen LogP contribution in [0.1, 0.15) is 45.7 Å². The normalized spacial score (nSPS) is 19.6. The predicted octanol–water partition coefficient (Wildman–Crippen LogP) is 2.23. The summed E-state index contributed by atoms with van der Waals surface area (Å²) in [5.41, 5.74) is 7.89. The van der Waals surface area contributed by atoms with Crippen molar-refractivity contribution in [2.24, 2.45) is 11.1 Å². The Kier molecular flexibility index (Phi) is 4.78. The second-order valence-corrected chi connectivity index (χ2v) is 6.80. The van der Waals surface area contributed by atoms with Crippen LogP contribution >= 0.6 is 0 Å². The molecule has 5 heteroatoms. The summed E-state index contributed by atoms with van der Waals surface area (Å²) < 4.78 is 5.78. The van der Waals surface area contributed by atoms with E-state index in [1.54, 1.807) is 4.90 Å². The van der Waals surface area contributed by atoms with E-state index in [2.05, 4.69) is 20.8 Å². The lowest BCUT2D eigenvalue weighted by atomic mass is 9.83. The minimum Gasteiger partial charge on any atom is -0.478 e. The molecular weight excluding hydrogens is 280 g/mol. The van der Waals surface area contributed by atoms with Gasteiger partial charge in [0.15, 0.2) is 6.10 Å². The summed E-state index contributed by atoms with van der Waals surface area (Å²) in [5.74, 6) is 0.565. The monoisotopic (exact) mass is 306 g/mol. The zero-order valence-corrected chi connectivity index (χ0v) is 13.8. The topological polar surface area (TPSA) is 75.8 Å². The van der Waals surface area contributed by atoms with E-state index in [9.17, 15) is 9.90 Å². The van der Waals surface area contributed by atoms with E-state index >= 15 is 0 Å². The van der Waals surface area contributed by atoms with E-state index in [0.717, 1.165) is 5.56 Å². The van der Waals surface area contributed by atoms with Crippen LogP contribution in [0, 0.1) is 5.41 Å². The van der Waals surface area contributed by atoms with E-state index < -0.39 is 6.10 Å². The number of benzene rings is 1. The van der Waals surface area contributed by atoms with E-state index in [0.29, 0.717) is 17.9 Å². The highest BCUT2D eigenvalue weighted by atomic mass is 16.5. The largest absolute Gasteiger partial charge is 0.478 e. The molecule has 3 N–H and O–H groups in total. The van der Waals surface area contributed by atoms with Gasteiger partial charge in [0.05, 0.1) is 12.3 Å². The number of nitrogens with two attached hydrogens (primary N) is 1. The summed E-state index contributed by atoms with van der Waals surface area (Å²) in [7, 11) is 0. The van der Waals surface area contributed by atoms with Gasteiger partial charge in [-0.3, -0.25) is 4.79 Å². The van der Waals surface area contributed by atoms with Crippen molar-refractivity contribution < 1.29 is 14.6 Å². The average Bonchev–Trinajstić information content (AvgIpc) is 2.47. The Morgan fingerprint density at radius 1 is 1.41 bits per heavy atom. The predicted molar refractivity (Wildman–Crippen MR) is 87.0 cm³/mol. The molecule has 0 saturated carbocycles. The quantitative estimate of drug-likeness (QED) is 0.894. The maximum Gasteiger partial charge on any atom is 0.268 e. The van der Waals surface area contributed by atoms with E-state index in [1.807, 2.05) is 25.1 Å². The second-order valence-electron chi connectivity index (χ2n) is 6.80. The van der Waals surface area contributed by atoms with Crippen molar-refractivity contribution in [3.8, 4) is 5.75 Å². The van der Waals surface area contributed by atoms with Crippen LogP contribution in [0.3, 0.4) is 0 Å². The smallest absolute Gasteiger partial charge is 0.268 e. The molecule has 0 aliphatic carbocycles. The SMILES string of the molecule is CCC1Oc2ccc(C(N)C(C)(C)C)cc2N(CCO)C1=O. The maximum atomic E-state index is 12.4. The number of amides is 1. The fourth-order valence-corrected chi connectivity index (χ4v) is 2.62. The van der Waals surface area contributed by atoms with Gasteiger partial charge in [-0.2, -0.15) is 0 Å². The Balaban J connectivity index is 2.44. The van der Waals surface area contributed by atoms with Crippen LogP contribution in [0.25, 0.3) is 0 Å². The lowest BCUT2D eigenvalue weighted by Gasteiger charge is -2.35. The zero-order chi connectivity index (χ0) is 16.5. The molecule has 122 valence electrons. The van der Waals surface area contributed by atoms with Crippen molar-refractivity contribution in [2.45, 2.75) is 46.3 Å². The van der Waals surface area contributed by atoms with Crippen LogP contribution in [0.5, 0.6) is 5.75 Å². The Hall–Kier alpha value is -1.59. The summed E-state index contributed by atoms with van der Waals surface area (Å²) in [5, 5.41) is 9.27. The molecule has 0 aromatic heterocycles. The van der Waals surface area contributed by atoms with Gasteiger partial charge in [-0.15, -0.1) is 0 Å². The molecule has 22 heavy (non-hydrogen) atoms. The highest BCUT2D eigenvalue weighted by molar-refractivity contribution is 6.00. The molecule has 0 radical (unpaired) electrons. The minimum atomic E-state index is -0.485. The lowest BCUT2D eigenvalue weighted by molar-refractivity contribution is -0.126. The van der Waals surface area contributed by atoms with Crippen LogP contribution in [-0.2, 0) is 4.79 Å². The van der Waals surface area contributed by atoms with Gasteiger partial charge in [0.2, 0.25) is 0 Å². The molecule has 0 fully saturated rings. The number of hydrogen-bond donors (Lipinski definition) is 2. The van der Waals surface area contributed by atoms with Crippen molar-refractivity contribution in [3.63, 3.8) is 0 Å². The molecule has 0 bridgehead atoms. The van der Waals surface area contributed by atoms with Crippen LogP contribution in [0.4, 0.5) is 5.69 Å². The molecular formula is C17H26N2O3. The third-order valence-electron chi connectivity index (χ3n) is 4.07. The zero-order valence-electron chi connectivity index (χ0n) is 13.8. The molecule has 1 aliphatic rings. The fourth-order valence-electron chi connectivity index (χ4n) is 2.62. The van der Waals surface area contributed by atoms with Crippen molar-refractivity contribution >= 4 is 11.6 Å². The molecule has 2 unspecified atom stereocenters. The van der Waals surface area contributed by atoms with Gasteiger partial charge < -0.3 is 20.5 Å². The number of β-amino-alcohol motifs (C(OH)–C–C–N with tert-alkyl or cyclic N) is 1. The lowest BCUT2D eigenvalue weighted by Crippen LogP contribution is -2.46. The minimum absolute atomic E-state index is 0.0818. The third kappa shape index (κ3) is 3.10. The standard InChI is InChI=1S/C17H26N2O3/c1-5-13-16(21)19(8-9-20)12-10-11(6-7-14(12)22-13)15(18)17(2,3)4/h6-7,10,13,15,20H,5,8-9,18H2,1-4H3. The maximum absolute atomic E-state index is 12.4. The number of ether oxygens (including phenoxy) is 1. The van der Waals surface area contributed by atoms with E-state index in [4.69, 9.17) is 10.5 Å². The average molecular weight is 306 g/mol. The highest BCUT2D eigenvalue weighted by Crippen LogP contribution is 2.39. The van der Waals surface area contributed by atoms with Gasteiger partial charge in [-0.05, 0) is 29.5 Å². The number of nitrogens with zero attached hydrogens (tertiary/aromatic N) is 1. The first-order valence-corrected chi connectivity index (χ1v) is 7.78. The number of aliphatic hydroxyl groups is 1. The van der Waals surface area contributed by atoms with Crippen LogP contribution in [0.2, 0.25) is 0 Å². The summed E-state index contributed by atoms with van der Waals surface area (Å²) >= 11 is 0. The van der Waals surface area contributed by atoms with Crippen molar-refractivity contribution in [3.05, 3.63) is 23.8 Å². The van der Waals surface area contributed by atoms with Gasteiger partial charge in [-0.25, -0.2) is 0 Å². The summed E-state index contributed by atoms with van der Waals surface area (Å²) in [6, 6.07) is 5.59. The van der Waals surface area contributed by atoms with Gasteiger partial charge in [-0.1, -0.05) is 33.8 Å². The summed E-state index contributed by atoms with van der Waals surface area (Å²) in [6.45, 7) is 8.33. The van der Waals surface area contributed by atoms with Crippen molar-refractivity contribution in [1.82, 2.24) is 0 Å². The third-order valence-corrected chi connectivity index (χ3v) is 4.07. The number of fused-ring (bicyclic) bond motifs is 1. The first-order chi connectivity index (χ1) is 10.3. The number of carbonyl (C=O) groups is 1. The van der Waals surface area contributed by atoms with Crippen molar-refractivity contribution in [1.29, 1.82) is 0 Å². The Morgan fingerprint density at radius 3 is 2.64 bits per heavy atom. The molecule has 5 nitrogen and oxygen atoms in total. The molecule has 1 aliphatic heterocycles. The summed E-state index contributed by atoms with van der Waals surface area (Å²) in [4.78, 5) is 14.0. The molecule has 2 rings (SSSR count). The Morgan fingerprint density at radius 2 is 2.09 bits per heavy atom. The molecule has 1 amide bonds. The number of anilines is 1. The van der Waals surface area contributed by atoms with Gasteiger partial charge in [0.25, 0.3) is 5.91 Å². The fraction of sp³-hybridized carbons (Fsp3) is 0.588. The van der Waals surface area contributed by atoms with Crippen molar-refractivity contribution in [2.75, 3.05) is 18.1 Å². The first-order valence-electron chi connectivity index (χ1n) is 7.78. The van der Waals surface area contributed by atoms with Crippen LogP contribution < -0.4 is 15.4 Å². The van der Waals surface area contributed by atoms with Crippen LogP contribution in [0.15, 0.2) is 18.2 Å². The molecule has 1 aromatic carbocycles. The molecule has 1 aromatic rings. The van der Waals surface area contributed by atoms with E-state index in [1.165, 1.54) is 0 Å². The Labute approximate surface area is 132 Å². The van der Waals surface area contributed by atoms with Crippen LogP contribution in [-0.4, -0.2) is 30.3 Å². The first kappa shape index (κ1) is 16.8. The number of hydrogen-bond acceptors (Lipinski definition) is 4. The molecule has 2 atom stereocenters. The second kappa shape index (κ2) is 6.26. The number of rotatable bonds is 4. The molecule has 0 saturated heterocycles. The van der Waals surface area contributed by atoms with Gasteiger partial charge in [0, 0.05) is 12.6 Å².